The minimum absolute atomic E-state index is 0.0248. The highest BCUT2D eigenvalue weighted by Crippen LogP contribution is 2.44. The first-order chi connectivity index (χ1) is 6.13. The molecule has 13 heavy (non-hydrogen) atoms. The minimum Gasteiger partial charge on any atom is -0.447 e. The van der Waals surface area contributed by atoms with Crippen molar-refractivity contribution in [2.45, 2.75) is 56.6 Å². The Morgan fingerprint density at radius 2 is 2.23 bits per heavy atom. The van der Waals surface area contributed by atoms with Crippen LogP contribution in [0.25, 0.3) is 0 Å². The van der Waals surface area contributed by atoms with E-state index in [-0.39, 0.29) is 16.2 Å². The Morgan fingerprint density at radius 3 is 2.62 bits per heavy atom. The number of carbonyl (C=O) groups excluding carboxylic acids is 1. The van der Waals surface area contributed by atoms with Gasteiger partial charge in [0.15, 0.2) is 4.93 Å². The van der Waals surface area contributed by atoms with Crippen LogP contribution in [0, 0.1) is 0 Å². The second-order valence-corrected chi connectivity index (χ2v) is 5.24. The van der Waals surface area contributed by atoms with Crippen LogP contribution in [0.1, 0.15) is 46.5 Å². The Bertz CT molecular complexity index is 193. The van der Waals surface area contributed by atoms with Crippen molar-refractivity contribution in [1.29, 1.82) is 0 Å². The molecular formula is C10H18O2S. The largest absolute Gasteiger partial charge is 0.447 e. The van der Waals surface area contributed by atoms with Crippen LogP contribution in [0.3, 0.4) is 0 Å². The normalized spacial score (nSPS) is 33.5. The lowest BCUT2D eigenvalue weighted by molar-refractivity contribution is -0.148. The van der Waals surface area contributed by atoms with Crippen LogP contribution >= 0.6 is 11.8 Å². The Kier molecular flexibility index (Phi) is 3.65. The Hall–Kier alpha value is -0.180. The molecule has 0 N–H and O–H groups in total. The molecule has 76 valence electrons. The van der Waals surface area contributed by atoms with E-state index in [0.717, 1.165) is 25.7 Å². The van der Waals surface area contributed by atoms with Gasteiger partial charge >= 0.3 is 5.97 Å². The van der Waals surface area contributed by atoms with Crippen LogP contribution in [0.4, 0.5) is 0 Å². The zero-order valence-corrected chi connectivity index (χ0v) is 9.45. The molecule has 1 aliphatic rings. The topological polar surface area (TPSA) is 26.3 Å². The summed E-state index contributed by atoms with van der Waals surface area (Å²) in [5, 5.41) is 0.0248. The second-order valence-electron chi connectivity index (χ2n) is 3.55. The average Bonchev–Trinajstić information content (AvgIpc) is 2.40. The number of thioether (sulfide) groups is 1. The van der Waals surface area contributed by atoms with Gasteiger partial charge in [0.2, 0.25) is 0 Å². The van der Waals surface area contributed by atoms with Gasteiger partial charge < -0.3 is 4.74 Å². The number of unbranched alkanes of at least 4 members (excludes halogenated alkanes) is 1. The quantitative estimate of drug-likeness (QED) is 0.656. The van der Waals surface area contributed by atoms with Gasteiger partial charge in [-0.3, -0.25) is 4.79 Å². The van der Waals surface area contributed by atoms with Crippen LogP contribution in [-0.2, 0) is 9.53 Å². The molecule has 2 unspecified atom stereocenters. The van der Waals surface area contributed by atoms with E-state index >= 15 is 0 Å². The maximum absolute atomic E-state index is 11.3. The highest BCUT2D eigenvalue weighted by atomic mass is 32.2. The van der Waals surface area contributed by atoms with Crippen molar-refractivity contribution in [1.82, 2.24) is 0 Å². The first-order valence-electron chi connectivity index (χ1n) is 5.04. The molecule has 0 aromatic heterocycles. The smallest absolute Gasteiger partial charge is 0.320 e. The van der Waals surface area contributed by atoms with Crippen LogP contribution in [0.2, 0.25) is 0 Å². The van der Waals surface area contributed by atoms with Crippen LogP contribution in [0.15, 0.2) is 0 Å². The van der Waals surface area contributed by atoms with E-state index in [1.807, 2.05) is 6.92 Å². The van der Waals surface area contributed by atoms with Gasteiger partial charge in [0, 0.05) is 0 Å². The predicted octanol–water partition coefficient (Wildman–Crippen LogP) is 2.96. The van der Waals surface area contributed by atoms with Crippen molar-refractivity contribution in [2.75, 3.05) is 0 Å². The minimum atomic E-state index is -0.202. The summed E-state index contributed by atoms with van der Waals surface area (Å²) in [6.45, 7) is 6.18. The van der Waals surface area contributed by atoms with Crippen molar-refractivity contribution in [3.63, 3.8) is 0 Å². The first-order valence-corrected chi connectivity index (χ1v) is 5.92. The third-order valence-corrected chi connectivity index (χ3v) is 4.01. The van der Waals surface area contributed by atoms with E-state index < -0.39 is 0 Å². The van der Waals surface area contributed by atoms with Crippen LogP contribution in [-0.4, -0.2) is 16.2 Å². The number of carbonyl (C=O) groups is 1. The maximum atomic E-state index is 11.3. The molecule has 1 fully saturated rings. The highest BCUT2D eigenvalue weighted by Gasteiger charge is 2.43. The Labute approximate surface area is 84.4 Å². The third-order valence-electron chi connectivity index (χ3n) is 2.46. The highest BCUT2D eigenvalue weighted by molar-refractivity contribution is 8.02. The molecular weight excluding hydrogens is 184 g/mol. The molecule has 1 heterocycles. The molecule has 0 bridgehead atoms. The van der Waals surface area contributed by atoms with Gasteiger partial charge in [0.1, 0.15) is 5.25 Å². The fraction of sp³-hybridized carbons (Fsp3) is 0.900. The zero-order chi connectivity index (χ0) is 9.90. The molecule has 1 rings (SSSR count). The molecule has 1 aliphatic heterocycles. The zero-order valence-electron chi connectivity index (χ0n) is 8.63. The fourth-order valence-corrected chi connectivity index (χ4v) is 2.90. The number of esters is 1. The van der Waals surface area contributed by atoms with Crippen molar-refractivity contribution in [3.05, 3.63) is 0 Å². The van der Waals surface area contributed by atoms with Crippen molar-refractivity contribution in [2.24, 2.45) is 0 Å². The molecule has 0 radical (unpaired) electrons. The lowest BCUT2D eigenvalue weighted by atomic mass is 10.1. The third kappa shape index (κ3) is 2.39. The van der Waals surface area contributed by atoms with E-state index in [1.54, 1.807) is 11.8 Å². The van der Waals surface area contributed by atoms with Crippen molar-refractivity contribution >= 4 is 17.7 Å². The standard InChI is InChI=1S/C10H18O2S/c1-4-6-7-10(5-2)12-9(11)8(3)13-10/h8H,4-7H2,1-3H3. The Balaban J connectivity index is 2.56. The number of cyclic esters (lactones) is 1. The van der Waals surface area contributed by atoms with E-state index in [1.165, 1.54) is 0 Å². The molecule has 2 atom stereocenters. The fourth-order valence-electron chi connectivity index (χ4n) is 1.55. The van der Waals surface area contributed by atoms with Gasteiger partial charge in [0.25, 0.3) is 0 Å². The summed E-state index contributed by atoms with van der Waals surface area (Å²) in [6, 6.07) is 0. The lowest BCUT2D eigenvalue weighted by Crippen LogP contribution is -2.23. The SMILES string of the molecule is CCCCC1(CC)OC(=O)C(C)S1. The number of ether oxygens (including phenoxy) is 1. The van der Waals surface area contributed by atoms with E-state index in [4.69, 9.17) is 4.74 Å². The maximum Gasteiger partial charge on any atom is 0.320 e. The molecule has 0 aromatic rings. The number of hydrogen-bond donors (Lipinski definition) is 0. The van der Waals surface area contributed by atoms with Gasteiger partial charge in [-0.1, -0.05) is 32.0 Å². The summed E-state index contributed by atoms with van der Waals surface area (Å²) in [6.07, 6.45) is 4.23. The summed E-state index contributed by atoms with van der Waals surface area (Å²) in [5.41, 5.74) is 0. The Morgan fingerprint density at radius 1 is 1.54 bits per heavy atom. The van der Waals surface area contributed by atoms with Gasteiger partial charge in [-0.15, -0.1) is 0 Å². The number of rotatable bonds is 4. The summed E-state index contributed by atoms with van der Waals surface area (Å²) in [4.78, 5) is 11.1. The van der Waals surface area contributed by atoms with Gasteiger partial charge in [0.05, 0.1) is 0 Å². The molecule has 1 saturated heterocycles. The molecule has 2 nitrogen and oxygen atoms in total. The average molecular weight is 202 g/mol. The molecule has 0 amide bonds. The molecule has 0 aliphatic carbocycles. The van der Waals surface area contributed by atoms with E-state index in [0.29, 0.717) is 0 Å². The predicted molar refractivity (Wildman–Crippen MR) is 55.7 cm³/mol. The summed E-state index contributed by atoms with van der Waals surface area (Å²) in [7, 11) is 0. The van der Waals surface area contributed by atoms with Gasteiger partial charge in [-0.2, -0.15) is 0 Å². The lowest BCUT2D eigenvalue weighted by Gasteiger charge is -2.24. The van der Waals surface area contributed by atoms with Crippen LogP contribution in [0.5, 0.6) is 0 Å². The van der Waals surface area contributed by atoms with Crippen LogP contribution < -0.4 is 0 Å². The molecule has 0 spiro atoms. The van der Waals surface area contributed by atoms with Gasteiger partial charge in [-0.25, -0.2) is 0 Å². The molecule has 3 heteroatoms. The first kappa shape index (κ1) is 10.9. The van der Waals surface area contributed by atoms with Crippen molar-refractivity contribution < 1.29 is 9.53 Å². The van der Waals surface area contributed by atoms with Gasteiger partial charge in [-0.05, 0) is 26.2 Å². The summed E-state index contributed by atoms with van der Waals surface area (Å²) < 4.78 is 5.44. The summed E-state index contributed by atoms with van der Waals surface area (Å²) >= 11 is 1.69. The summed E-state index contributed by atoms with van der Waals surface area (Å²) in [5.74, 6) is -0.0389. The molecule has 0 saturated carbocycles. The van der Waals surface area contributed by atoms with Crippen molar-refractivity contribution in [3.8, 4) is 0 Å². The number of hydrogen-bond acceptors (Lipinski definition) is 3. The molecule has 0 aromatic carbocycles. The van der Waals surface area contributed by atoms with E-state index in [9.17, 15) is 4.79 Å². The second kappa shape index (κ2) is 4.36. The monoisotopic (exact) mass is 202 g/mol. The van der Waals surface area contributed by atoms with E-state index in [2.05, 4.69) is 13.8 Å².